The van der Waals surface area contributed by atoms with Gasteiger partial charge in [-0.05, 0) is 30.7 Å². The Labute approximate surface area is 86.6 Å². The molecule has 1 saturated heterocycles. The Morgan fingerprint density at radius 3 is 2.64 bits per heavy atom. The molecule has 0 bridgehead atoms. The summed E-state index contributed by atoms with van der Waals surface area (Å²) in [4.78, 5) is 13.0. The molecule has 1 rings (SSSR count). The van der Waals surface area contributed by atoms with Crippen molar-refractivity contribution in [3.63, 3.8) is 0 Å². The van der Waals surface area contributed by atoms with Crippen LogP contribution in [0.2, 0.25) is 0 Å². The van der Waals surface area contributed by atoms with E-state index in [1.54, 1.807) is 0 Å². The van der Waals surface area contributed by atoms with E-state index in [4.69, 9.17) is 5.73 Å². The quantitative estimate of drug-likeness (QED) is 0.725. The molecular weight excluding hydrogens is 176 g/mol. The molecule has 0 unspecified atom stereocenters. The van der Waals surface area contributed by atoms with Gasteiger partial charge < -0.3 is 5.73 Å². The molecule has 0 saturated carbocycles. The number of hydrogen-bond donors (Lipinski definition) is 1. The van der Waals surface area contributed by atoms with Gasteiger partial charge in [-0.2, -0.15) is 0 Å². The first kappa shape index (κ1) is 11.5. The van der Waals surface area contributed by atoms with E-state index in [0.29, 0.717) is 17.9 Å². The minimum absolute atomic E-state index is 0.209. The summed E-state index contributed by atoms with van der Waals surface area (Å²) in [5.74, 6) is 0.482. The minimum Gasteiger partial charge on any atom is -0.369 e. The van der Waals surface area contributed by atoms with E-state index < -0.39 is 0 Å². The maximum absolute atomic E-state index is 10.8. The number of nitrogens with zero attached hydrogens (tertiary/aromatic N) is 1. The van der Waals surface area contributed by atoms with E-state index in [2.05, 4.69) is 25.7 Å². The molecule has 0 aromatic rings. The highest BCUT2D eigenvalue weighted by atomic mass is 16.1. The second kappa shape index (κ2) is 4.30. The Morgan fingerprint density at radius 1 is 1.50 bits per heavy atom. The van der Waals surface area contributed by atoms with E-state index in [0.717, 1.165) is 13.1 Å². The number of likely N-dealkylation sites (tertiary alicyclic amines) is 1. The normalized spacial score (nSPS) is 24.9. The van der Waals surface area contributed by atoms with E-state index in [1.807, 2.05) is 0 Å². The van der Waals surface area contributed by atoms with Crippen LogP contribution in [0.15, 0.2) is 0 Å². The van der Waals surface area contributed by atoms with Crippen LogP contribution in [-0.4, -0.2) is 30.4 Å². The van der Waals surface area contributed by atoms with Crippen molar-refractivity contribution in [2.45, 2.75) is 33.6 Å². The fourth-order valence-corrected chi connectivity index (χ4v) is 2.13. The van der Waals surface area contributed by atoms with Gasteiger partial charge in [-0.25, -0.2) is 0 Å². The average Bonchev–Trinajstić information content (AvgIpc) is 2.01. The summed E-state index contributed by atoms with van der Waals surface area (Å²) < 4.78 is 0. The van der Waals surface area contributed by atoms with Gasteiger partial charge in [-0.1, -0.05) is 20.8 Å². The Morgan fingerprint density at radius 2 is 2.14 bits per heavy atom. The highest BCUT2D eigenvalue weighted by molar-refractivity contribution is 5.75. The zero-order valence-corrected chi connectivity index (χ0v) is 9.55. The molecule has 3 nitrogen and oxygen atoms in total. The average molecular weight is 198 g/mol. The van der Waals surface area contributed by atoms with Crippen molar-refractivity contribution in [2.75, 3.05) is 19.6 Å². The van der Waals surface area contributed by atoms with Crippen LogP contribution in [-0.2, 0) is 4.79 Å². The predicted molar refractivity (Wildman–Crippen MR) is 57.8 cm³/mol. The van der Waals surface area contributed by atoms with Crippen LogP contribution >= 0.6 is 0 Å². The molecule has 1 atom stereocenters. The second-order valence-corrected chi connectivity index (χ2v) is 5.41. The number of hydrogen-bond acceptors (Lipinski definition) is 2. The first-order valence-electron chi connectivity index (χ1n) is 5.40. The highest BCUT2D eigenvalue weighted by Crippen LogP contribution is 2.32. The summed E-state index contributed by atoms with van der Waals surface area (Å²) in [5.41, 5.74) is 5.54. The molecule has 0 aliphatic carbocycles. The zero-order valence-electron chi connectivity index (χ0n) is 9.55. The fourth-order valence-electron chi connectivity index (χ4n) is 2.13. The molecule has 0 aromatic carbocycles. The summed E-state index contributed by atoms with van der Waals surface area (Å²) in [6.07, 6.45) is 2.47. The SMILES string of the molecule is CC(C)(C)[C@@H]1CCCN(CC(N)=O)C1. The molecule has 82 valence electrons. The third kappa shape index (κ3) is 3.29. The van der Waals surface area contributed by atoms with Crippen molar-refractivity contribution in [1.29, 1.82) is 0 Å². The summed E-state index contributed by atoms with van der Waals surface area (Å²) in [7, 11) is 0. The summed E-state index contributed by atoms with van der Waals surface area (Å²) in [6.45, 7) is 9.27. The number of amides is 1. The predicted octanol–water partition coefficient (Wildman–Crippen LogP) is 1.23. The standard InChI is InChI=1S/C11H22N2O/c1-11(2,3)9-5-4-6-13(7-9)8-10(12)14/h9H,4-8H2,1-3H3,(H2,12,14)/t9-/m1/s1. The van der Waals surface area contributed by atoms with E-state index in [-0.39, 0.29) is 5.91 Å². The van der Waals surface area contributed by atoms with Crippen LogP contribution in [0.3, 0.4) is 0 Å². The van der Waals surface area contributed by atoms with Gasteiger partial charge >= 0.3 is 0 Å². The van der Waals surface area contributed by atoms with Crippen LogP contribution in [0.1, 0.15) is 33.6 Å². The van der Waals surface area contributed by atoms with Gasteiger partial charge in [0, 0.05) is 6.54 Å². The fraction of sp³-hybridized carbons (Fsp3) is 0.909. The number of rotatable bonds is 2. The number of carbonyl (C=O) groups excluding carboxylic acids is 1. The third-order valence-electron chi connectivity index (χ3n) is 3.11. The molecule has 1 aliphatic rings. The van der Waals surface area contributed by atoms with Crippen molar-refractivity contribution in [3.05, 3.63) is 0 Å². The Kier molecular flexibility index (Phi) is 3.53. The molecule has 2 N–H and O–H groups in total. The van der Waals surface area contributed by atoms with Gasteiger partial charge in [-0.15, -0.1) is 0 Å². The van der Waals surface area contributed by atoms with Gasteiger partial charge in [-0.3, -0.25) is 9.69 Å². The minimum atomic E-state index is -0.209. The maximum Gasteiger partial charge on any atom is 0.231 e. The molecule has 1 aliphatic heterocycles. The lowest BCUT2D eigenvalue weighted by Gasteiger charge is -2.39. The van der Waals surface area contributed by atoms with Crippen molar-refractivity contribution in [3.8, 4) is 0 Å². The first-order valence-corrected chi connectivity index (χ1v) is 5.40. The summed E-state index contributed by atoms with van der Waals surface area (Å²) in [5, 5.41) is 0. The van der Waals surface area contributed by atoms with Gasteiger partial charge in [0.05, 0.1) is 6.54 Å². The second-order valence-electron chi connectivity index (χ2n) is 5.41. The molecule has 3 heteroatoms. The molecule has 14 heavy (non-hydrogen) atoms. The molecule has 1 heterocycles. The van der Waals surface area contributed by atoms with Gasteiger partial charge in [0.15, 0.2) is 0 Å². The zero-order chi connectivity index (χ0) is 10.8. The molecule has 0 spiro atoms. The Hall–Kier alpha value is -0.570. The Bertz CT molecular complexity index is 208. The van der Waals surface area contributed by atoms with Gasteiger partial charge in [0.1, 0.15) is 0 Å². The van der Waals surface area contributed by atoms with Crippen molar-refractivity contribution in [2.24, 2.45) is 17.1 Å². The highest BCUT2D eigenvalue weighted by Gasteiger charge is 2.29. The van der Waals surface area contributed by atoms with Crippen LogP contribution in [0.25, 0.3) is 0 Å². The molecule has 0 aromatic heterocycles. The van der Waals surface area contributed by atoms with Crippen molar-refractivity contribution >= 4 is 5.91 Å². The molecule has 0 radical (unpaired) electrons. The Balaban J connectivity index is 2.48. The molecular formula is C11H22N2O. The lowest BCUT2D eigenvalue weighted by molar-refractivity contribution is -0.119. The topological polar surface area (TPSA) is 46.3 Å². The van der Waals surface area contributed by atoms with Gasteiger partial charge in [0.25, 0.3) is 0 Å². The van der Waals surface area contributed by atoms with Crippen molar-refractivity contribution in [1.82, 2.24) is 4.90 Å². The van der Waals surface area contributed by atoms with Crippen molar-refractivity contribution < 1.29 is 4.79 Å². The van der Waals surface area contributed by atoms with E-state index in [1.165, 1.54) is 12.8 Å². The van der Waals surface area contributed by atoms with E-state index in [9.17, 15) is 4.79 Å². The van der Waals surface area contributed by atoms with Crippen LogP contribution in [0, 0.1) is 11.3 Å². The lowest BCUT2D eigenvalue weighted by atomic mass is 9.76. The van der Waals surface area contributed by atoms with Crippen LogP contribution in [0.5, 0.6) is 0 Å². The maximum atomic E-state index is 10.8. The smallest absolute Gasteiger partial charge is 0.231 e. The number of primary amides is 1. The molecule has 1 amide bonds. The number of nitrogens with two attached hydrogens (primary N) is 1. The van der Waals surface area contributed by atoms with Crippen LogP contribution in [0.4, 0.5) is 0 Å². The number of carbonyl (C=O) groups is 1. The summed E-state index contributed by atoms with van der Waals surface area (Å²) in [6, 6.07) is 0. The van der Waals surface area contributed by atoms with Crippen LogP contribution < -0.4 is 5.73 Å². The monoisotopic (exact) mass is 198 g/mol. The largest absolute Gasteiger partial charge is 0.369 e. The lowest BCUT2D eigenvalue weighted by Crippen LogP contribution is -2.44. The van der Waals surface area contributed by atoms with Gasteiger partial charge in [0.2, 0.25) is 5.91 Å². The van der Waals surface area contributed by atoms with E-state index >= 15 is 0 Å². The summed E-state index contributed by atoms with van der Waals surface area (Å²) >= 11 is 0. The first-order chi connectivity index (χ1) is 6.39. The molecule has 1 fully saturated rings. The third-order valence-corrected chi connectivity index (χ3v) is 3.11. The number of piperidine rings is 1.